The lowest BCUT2D eigenvalue weighted by atomic mass is 10.1. The van der Waals surface area contributed by atoms with Gasteiger partial charge in [-0.3, -0.25) is 4.79 Å². The molecule has 82 valence electrons. The van der Waals surface area contributed by atoms with Crippen LogP contribution in [0.15, 0.2) is 34.2 Å². The minimum Gasteiger partial charge on any atom is -0.481 e. The quantitative estimate of drug-likeness (QED) is 0.946. The van der Waals surface area contributed by atoms with Crippen LogP contribution in [0.4, 0.5) is 0 Å². The summed E-state index contributed by atoms with van der Waals surface area (Å²) in [7, 11) is 0. The van der Waals surface area contributed by atoms with Gasteiger partial charge in [-0.05, 0) is 12.1 Å². The third kappa shape index (κ3) is 2.48. The monoisotopic (exact) mass is 297 g/mol. The molecule has 0 unspecified atom stereocenters. The van der Waals surface area contributed by atoms with E-state index >= 15 is 0 Å². The molecule has 1 N–H and O–H groups in total. The van der Waals surface area contributed by atoms with Gasteiger partial charge >= 0.3 is 5.97 Å². The fourth-order valence-corrected chi connectivity index (χ4v) is 2.42. The first-order valence-corrected chi connectivity index (χ1v) is 6.24. The number of halogens is 1. The predicted molar refractivity (Wildman–Crippen MR) is 66.6 cm³/mol. The molecular formula is C11H8BrNO2S. The largest absolute Gasteiger partial charge is 0.481 e. The molecule has 0 saturated carbocycles. The number of nitrogens with zero attached hydrogens (tertiary/aromatic N) is 1. The van der Waals surface area contributed by atoms with Crippen LogP contribution in [-0.2, 0) is 11.2 Å². The van der Waals surface area contributed by atoms with Gasteiger partial charge in [0, 0.05) is 14.9 Å². The molecular weight excluding hydrogens is 290 g/mol. The van der Waals surface area contributed by atoms with Gasteiger partial charge < -0.3 is 5.11 Å². The zero-order valence-electron chi connectivity index (χ0n) is 8.18. The molecule has 1 heterocycles. The lowest BCUT2D eigenvalue weighted by Gasteiger charge is -2.00. The standard InChI is InChI=1S/C11H8BrNO2S/c12-8-3-1-7(2-4-8)11-9(5-10(14)15)16-6-13-11/h1-4,6H,5H2,(H,14,15). The van der Waals surface area contributed by atoms with Gasteiger partial charge in [0.25, 0.3) is 0 Å². The number of thiazole rings is 1. The van der Waals surface area contributed by atoms with Crippen molar-refractivity contribution in [1.29, 1.82) is 0 Å². The van der Waals surface area contributed by atoms with Crippen molar-refractivity contribution in [2.45, 2.75) is 6.42 Å². The summed E-state index contributed by atoms with van der Waals surface area (Å²) in [6, 6.07) is 7.67. The molecule has 0 saturated heterocycles. The van der Waals surface area contributed by atoms with E-state index in [1.54, 1.807) is 5.51 Å². The van der Waals surface area contributed by atoms with Gasteiger partial charge in [-0.2, -0.15) is 0 Å². The van der Waals surface area contributed by atoms with Crippen molar-refractivity contribution in [2.75, 3.05) is 0 Å². The highest BCUT2D eigenvalue weighted by Crippen LogP contribution is 2.26. The fourth-order valence-electron chi connectivity index (χ4n) is 1.38. The van der Waals surface area contributed by atoms with Crippen molar-refractivity contribution in [2.24, 2.45) is 0 Å². The van der Waals surface area contributed by atoms with Crippen LogP contribution in [0, 0.1) is 0 Å². The van der Waals surface area contributed by atoms with Crippen LogP contribution >= 0.6 is 27.3 Å². The Morgan fingerprint density at radius 1 is 1.38 bits per heavy atom. The van der Waals surface area contributed by atoms with Crippen LogP contribution in [-0.4, -0.2) is 16.1 Å². The number of aromatic nitrogens is 1. The Balaban J connectivity index is 2.36. The van der Waals surface area contributed by atoms with Crippen LogP contribution < -0.4 is 0 Å². The summed E-state index contributed by atoms with van der Waals surface area (Å²) in [5.74, 6) is -0.831. The van der Waals surface area contributed by atoms with Crippen molar-refractivity contribution < 1.29 is 9.90 Å². The van der Waals surface area contributed by atoms with Crippen molar-refractivity contribution in [3.63, 3.8) is 0 Å². The number of carboxylic acids is 1. The molecule has 3 nitrogen and oxygen atoms in total. The van der Waals surface area contributed by atoms with Gasteiger partial charge in [-0.15, -0.1) is 11.3 Å². The van der Waals surface area contributed by atoms with Crippen molar-refractivity contribution in [3.05, 3.63) is 39.1 Å². The second-order valence-electron chi connectivity index (χ2n) is 3.20. The molecule has 0 aliphatic rings. The second-order valence-corrected chi connectivity index (χ2v) is 5.06. The molecule has 0 aliphatic carbocycles. The van der Waals surface area contributed by atoms with Crippen LogP contribution in [0.2, 0.25) is 0 Å². The van der Waals surface area contributed by atoms with E-state index in [-0.39, 0.29) is 6.42 Å². The van der Waals surface area contributed by atoms with Gasteiger partial charge in [-0.25, -0.2) is 4.98 Å². The Morgan fingerprint density at radius 2 is 2.06 bits per heavy atom. The number of hydrogen-bond donors (Lipinski definition) is 1. The fraction of sp³-hybridized carbons (Fsp3) is 0.0909. The average molecular weight is 298 g/mol. The Labute approximate surface area is 105 Å². The molecule has 0 amide bonds. The zero-order chi connectivity index (χ0) is 11.5. The van der Waals surface area contributed by atoms with Crippen molar-refractivity contribution >= 4 is 33.2 Å². The topological polar surface area (TPSA) is 50.2 Å². The van der Waals surface area contributed by atoms with Crippen LogP contribution in [0.1, 0.15) is 4.88 Å². The third-order valence-electron chi connectivity index (χ3n) is 2.07. The van der Waals surface area contributed by atoms with Crippen molar-refractivity contribution in [1.82, 2.24) is 4.98 Å². The molecule has 0 fully saturated rings. The predicted octanol–water partition coefficient (Wildman–Crippen LogP) is 3.20. The summed E-state index contributed by atoms with van der Waals surface area (Å²) in [6.07, 6.45) is 0.0239. The van der Waals surface area contributed by atoms with Gasteiger partial charge in [-0.1, -0.05) is 28.1 Å². The second kappa shape index (κ2) is 4.76. The highest BCUT2D eigenvalue weighted by atomic mass is 79.9. The molecule has 16 heavy (non-hydrogen) atoms. The Bertz CT molecular complexity index is 507. The summed E-state index contributed by atoms with van der Waals surface area (Å²) in [4.78, 5) is 15.7. The molecule has 0 radical (unpaired) electrons. The van der Waals surface area contributed by atoms with Crippen LogP contribution in [0.25, 0.3) is 11.3 Å². The number of carbonyl (C=O) groups is 1. The van der Waals surface area contributed by atoms with Gasteiger partial charge in [0.2, 0.25) is 0 Å². The van der Waals surface area contributed by atoms with E-state index in [9.17, 15) is 4.79 Å². The Morgan fingerprint density at radius 3 is 2.69 bits per heavy atom. The lowest BCUT2D eigenvalue weighted by molar-refractivity contribution is -0.136. The average Bonchev–Trinajstić information content (AvgIpc) is 2.66. The normalized spacial score (nSPS) is 10.3. The van der Waals surface area contributed by atoms with Gasteiger partial charge in [0.1, 0.15) is 0 Å². The number of rotatable bonds is 3. The van der Waals surface area contributed by atoms with Gasteiger partial charge in [0.15, 0.2) is 0 Å². The number of benzene rings is 1. The summed E-state index contributed by atoms with van der Waals surface area (Å²) >= 11 is 4.73. The van der Waals surface area contributed by atoms with Crippen LogP contribution in [0.5, 0.6) is 0 Å². The van der Waals surface area contributed by atoms with E-state index in [2.05, 4.69) is 20.9 Å². The zero-order valence-corrected chi connectivity index (χ0v) is 10.6. The number of carboxylic acid groups (broad SMARTS) is 1. The summed E-state index contributed by atoms with van der Waals surface area (Å²) in [5.41, 5.74) is 3.39. The summed E-state index contributed by atoms with van der Waals surface area (Å²) < 4.78 is 0.992. The SMILES string of the molecule is O=C(O)Cc1scnc1-c1ccc(Br)cc1. The molecule has 0 aliphatic heterocycles. The lowest BCUT2D eigenvalue weighted by Crippen LogP contribution is -1.99. The smallest absolute Gasteiger partial charge is 0.308 e. The molecule has 0 spiro atoms. The molecule has 5 heteroatoms. The number of hydrogen-bond acceptors (Lipinski definition) is 3. The highest BCUT2D eigenvalue weighted by molar-refractivity contribution is 9.10. The van der Waals surface area contributed by atoms with E-state index in [0.29, 0.717) is 0 Å². The summed E-state index contributed by atoms with van der Waals surface area (Å²) in [5, 5.41) is 8.77. The first kappa shape index (κ1) is 11.3. The maximum absolute atomic E-state index is 10.7. The highest BCUT2D eigenvalue weighted by Gasteiger charge is 2.11. The van der Waals surface area contributed by atoms with Crippen LogP contribution in [0.3, 0.4) is 0 Å². The molecule has 1 aromatic carbocycles. The molecule has 2 rings (SSSR count). The van der Waals surface area contributed by atoms with Crippen molar-refractivity contribution in [3.8, 4) is 11.3 Å². The molecule has 2 aromatic rings. The third-order valence-corrected chi connectivity index (χ3v) is 3.43. The van der Waals surface area contributed by atoms with E-state index in [1.165, 1.54) is 11.3 Å². The minimum atomic E-state index is -0.831. The molecule has 1 aromatic heterocycles. The maximum atomic E-state index is 10.7. The first-order valence-electron chi connectivity index (χ1n) is 4.57. The number of aliphatic carboxylic acids is 1. The van der Waals surface area contributed by atoms with E-state index in [0.717, 1.165) is 20.6 Å². The Kier molecular flexibility index (Phi) is 3.36. The van der Waals surface area contributed by atoms with E-state index < -0.39 is 5.97 Å². The van der Waals surface area contributed by atoms with Gasteiger partial charge in [0.05, 0.1) is 17.6 Å². The Hall–Kier alpha value is -1.20. The van der Waals surface area contributed by atoms with E-state index in [4.69, 9.17) is 5.11 Å². The minimum absolute atomic E-state index is 0.0239. The summed E-state index contributed by atoms with van der Waals surface area (Å²) in [6.45, 7) is 0. The van der Waals surface area contributed by atoms with E-state index in [1.807, 2.05) is 24.3 Å². The maximum Gasteiger partial charge on any atom is 0.308 e. The first-order chi connectivity index (χ1) is 7.66. The molecule has 0 bridgehead atoms. The molecule has 0 atom stereocenters.